The second-order valence-corrected chi connectivity index (χ2v) is 7.08. The molecule has 0 aliphatic rings. The minimum absolute atomic E-state index is 0.134. The molecular formula is C21H13Cl2N5O. The molecule has 0 saturated carbocycles. The summed E-state index contributed by atoms with van der Waals surface area (Å²) in [7, 11) is 0. The first-order valence-electron chi connectivity index (χ1n) is 8.60. The molecule has 0 unspecified atom stereocenters. The number of halogens is 2. The maximum atomic E-state index is 12.4. The van der Waals surface area contributed by atoms with Crippen molar-refractivity contribution in [3.8, 4) is 11.8 Å². The number of H-pyrrole nitrogens is 1. The fourth-order valence-electron chi connectivity index (χ4n) is 2.95. The Balaban J connectivity index is 1.86. The number of nitrogens with zero attached hydrogens (tertiary/aromatic N) is 4. The van der Waals surface area contributed by atoms with Gasteiger partial charge in [-0.05, 0) is 43.3 Å². The summed E-state index contributed by atoms with van der Waals surface area (Å²) in [4.78, 5) is 19.4. The number of aromatic nitrogens is 4. The SMILES string of the molecule is Cc1nn(-c2ccccc2)c(Cl)c1/C=C(/C#N)c1nc2cc(Cl)ccc2c(=O)[nH]1. The molecule has 1 N–H and O–H groups in total. The summed E-state index contributed by atoms with van der Waals surface area (Å²) in [5.74, 6) is 0.134. The van der Waals surface area contributed by atoms with E-state index in [1.54, 1.807) is 35.9 Å². The average molecular weight is 422 g/mol. The first-order chi connectivity index (χ1) is 14.0. The molecule has 0 spiro atoms. The Hall–Kier alpha value is -3.40. The zero-order chi connectivity index (χ0) is 20.5. The Morgan fingerprint density at radius 2 is 1.97 bits per heavy atom. The second kappa shape index (κ2) is 7.55. The first-order valence-corrected chi connectivity index (χ1v) is 9.36. The lowest BCUT2D eigenvalue weighted by Gasteiger charge is -2.03. The van der Waals surface area contributed by atoms with Crippen LogP contribution in [0.3, 0.4) is 0 Å². The van der Waals surface area contributed by atoms with Crippen molar-refractivity contribution in [2.24, 2.45) is 0 Å². The van der Waals surface area contributed by atoms with Crippen LogP contribution in [0.2, 0.25) is 10.2 Å². The van der Waals surface area contributed by atoms with Gasteiger partial charge < -0.3 is 4.98 Å². The van der Waals surface area contributed by atoms with Crippen molar-refractivity contribution in [2.75, 3.05) is 0 Å². The minimum atomic E-state index is -0.356. The van der Waals surface area contributed by atoms with Crippen molar-refractivity contribution in [1.82, 2.24) is 19.7 Å². The molecule has 2 aromatic carbocycles. The predicted molar refractivity (Wildman–Crippen MR) is 114 cm³/mol. The van der Waals surface area contributed by atoms with Crippen LogP contribution in [0, 0.1) is 18.3 Å². The number of aromatic amines is 1. The number of allylic oxidation sites excluding steroid dienone is 1. The quantitative estimate of drug-likeness (QED) is 0.481. The number of nitrogens with one attached hydrogen (secondary N) is 1. The highest BCUT2D eigenvalue weighted by atomic mass is 35.5. The molecule has 142 valence electrons. The van der Waals surface area contributed by atoms with Gasteiger partial charge in [0.25, 0.3) is 5.56 Å². The molecule has 0 aliphatic heterocycles. The van der Waals surface area contributed by atoms with Crippen LogP contribution < -0.4 is 5.56 Å². The number of nitriles is 1. The maximum Gasteiger partial charge on any atom is 0.259 e. The monoisotopic (exact) mass is 421 g/mol. The van der Waals surface area contributed by atoms with E-state index in [0.29, 0.717) is 32.3 Å². The third-order valence-corrected chi connectivity index (χ3v) is 4.98. The molecule has 0 radical (unpaired) electrons. The largest absolute Gasteiger partial charge is 0.305 e. The van der Waals surface area contributed by atoms with Crippen LogP contribution in [0.25, 0.3) is 28.2 Å². The molecule has 8 heteroatoms. The lowest BCUT2D eigenvalue weighted by molar-refractivity contribution is 0.863. The highest BCUT2D eigenvalue weighted by molar-refractivity contribution is 6.32. The highest BCUT2D eigenvalue weighted by Crippen LogP contribution is 2.27. The van der Waals surface area contributed by atoms with Gasteiger partial charge in [0.15, 0.2) is 5.82 Å². The van der Waals surface area contributed by atoms with Crippen molar-refractivity contribution >= 4 is 45.8 Å². The van der Waals surface area contributed by atoms with Crippen LogP contribution in [0.5, 0.6) is 0 Å². The Morgan fingerprint density at radius 3 is 2.69 bits per heavy atom. The van der Waals surface area contributed by atoms with Crippen LogP contribution >= 0.6 is 23.2 Å². The summed E-state index contributed by atoms with van der Waals surface area (Å²) in [5.41, 5.74) is 2.21. The molecule has 2 aromatic heterocycles. The average Bonchev–Trinajstić information content (AvgIpc) is 3.00. The van der Waals surface area contributed by atoms with Crippen LogP contribution in [0.4, 0.5) is 0 Å². The molecule has 0 fully saturated rings. The van der Waals surface area contributed by atoms with Gasteiger partial charge >= 0.3 is 0 Å². The van der Waals surface area contributed by atoms with Gasteiger partial charge in [-0.15, -0.1) is 0 Å². The summed E-state index contributed by atoms with van der Waals surface area (Å²) in [6.07, 6.45) is 1.57. The van der Waals surface area contributed by atoms with Gasteiger partial charge in [-0.3, -0.25) is 4.79 Å². The first kappa shape index (κ1) is 18.9. The van der Waals surface area contributed by atoms with Gasteiger partial charge in [-0.25, -0.2) is 9.67 Å². The van der Waals surface area contributed by atoms with E-state index >= 15 is 0 Å². The molecule has 0 atom stereocenters. The van der Waals surface area contributed by atoms with Crippen LogP contribution in [0.1, 0.15) is 17.1 Å². The Morgan fingerprint density at radius 1 is 1.21 bits per heavy atom. The molecule has 2 heterocycles. The van der Waals surface area contributed by atoms with Crippen LogP contribution in [-0.4, -0.2) is 19.7 Å². The minimum Gasteiger partial charge on any atom is -0.305 e. The third kappa shape index (κ3) is 3.54. The zero-order valence-electron chi connectivity index (χ0n) is 15.1. The third-order valence-electron chi connectivity index (χ3n) is 4.38. The van der Waals surface area contributed by atoms with Crippen molar-refractivity contribution < 1.29 is 0 Å². The van der Waals surface area contributed by atoms with E-state index in [4.69, 9.17) is 23.2 Å². The Labute approximate surface area is 175 Å². The normalized spacial score (nSPS) is 11.6. The number of rotatable bonds is 3. The van der Waals surface area contributed by atoms with E-state index in [1.165, 1.54) is 0 Å². The smallest absolute Gasteiger partial charge is 0.259 e. The molecule has 0 bridgehead atoms. The van der Waals surface area contributed by atoms with Crippen molar-refractivity contribution in [2.45, 2.75) is 6.92 Å². The summed E-state index contributed by atoms with van der Waals surface area (Å²) >= 11 is 12.5. The topological polar surface area (TPSA) is 87.4 Å². The van der Waals surface area contributed by atoms with Gasteiger partial charge in [-0.1, -0.05) is 41.4 Å². The van der Waals surface area contributed by atoms with E-state index in [-0.39, 0.29) is 17.0 Å². The summed E-state index contributed by atoms with van der Waals surface area (Å²) in [5, 5.41) is 15.3. The van der Waals surface area contributed by atoms with Crippen molar-refractivity contribution in [1.29, 1.82) is 5.26 Å². The van der Waals surface area contributed by atoms with Gasteiger partial charge in [0, 0.05) is 10.6 Å². The van der Waals surface area contributed by atoms with E-state index in [9.17, 15) is 10.1 Å². The summed E-state index contributed by atoms with van der Waals surface area (Å²) < 4.78 is 1.59. The molecule has 0 aliphatic carbocycles. The van der Waals surface area contributed by atoms with Crippen LogP contribution in [-0.2, 0) is 0 Å². The molecule has 6 nitrogen and oxygen atoms in total. The van der Waals surface area contributed by atoms with Crippen molar-refractivity contribution in [3.63, 3.8) is 0 Å². The molecule has 4 rings (SSSR count). The zero-order valence-corrected chi connectivity index (χ0v) is 16.7. The molecule has 4 aromatic rings. The Kier molecular flexibility index (Phi) is 4.93. The van der Waals surface area contributed by atoms with E-state index in [1.807, 2.05) is 30.3 Å². The summed E-state index contributed by atoms with van der Waals surface area (Å²) in [6, 6.07) is 16.3. The van der Waals surface area contributed by atoms with Gasteiger partial charge in [0.1, 0.15) is 11.2 Å². The van der Waals surface area contributed by atoms with E-state index in [2.05, 4.69) is 21.1 Å². The number of benzene rings is 2. The fourth-order valence-corrected chi connectivity index (χ4v) is 3.45. The highest BCUT2D eigenvalue weighted by Gasteiger charge is 2.16. The predicted octanol–water partition coefficient (Wildman–Crippen LogP) is 4.79. The molecule has 0 amide bonds. The lowest BCUT2D eigenvalue weighted by atomic mass is 10.1. The fraction of sp³-hybridized carbons (Fsp3) is 0.0476. The number of hydrogen-bond acceptors (Lipinski definition) is 4. The number of aryl methyl sites for hydroxylation is 1. The van der Waals surface area contributed by atoms with E-state index in [0.717, 1.165) is 5.69 Å². The number of para-hydroxylation sites is 1. The molecule has 29 heavy (non-hydrogen) atoms. The second-order valence-electron chi connectivity index (χ2n) is 6.28. The lowest BCUT2D eigenvalue weighted by Crippen LogP contribution is -2.11. The molecule has 0 saturated heterocycles. The van der Waals surface area contributed by atoms with E-state index < -0.39 is 0 Å². The maximum absolute atomic E-state index is 12.4. The van der Waals surface area contributed by atoms with Crippen LogP contribution in [0.15, 0.2) is 53.3 Å². The van der Waals surface area contributed by atoms with Gasteiger partial charge in [0.2, 0.25) is 0 Å². The molecular weight excluding hydrogens is 409 g/mol. The summed E-state index contributed by atoms with van der Waals surface area (Å²) in [6.45, 7) is 1.79. The number of fused-ring (bicyclic) bond motifs is 1. The van der Waals surface area contributed by atoms with Crippen molar-refractivity contribution in [3.05, 3.63) is 86.1 Å². The van der Waals surface area contributed by atoms with Gasteiger partial charge in [0.05, 0.1) is 27.9 Å². The standard InChI is InChI=1S/C21H13Cl2N5O/c1-12-17(19(23)28(27-12)15-5-3-2-4-6-15)9-13(11-24)20-25-18-10-14(22)7-8-16(18)21(29)26-20/h2-10H,1H3,(H,25,26,29)/b13-9-. The van der Waals surface area contributed by atoms with Gasteiger partial charge in [-0.2, -0.15) is 10.4 Å². The Bertz CT molecular complexity index is 1360. The number of hydrogen-bond donors (Lipinski definition) is 1.